The predicted molar refractivity (Wildman–Crippen MR) is 164 cm³/mol. The molecular weight excluding hydrogens is 560 g/mol. The first-order chi connectivity index (χ1) is 21.3. The Kier molecular flexibility index (Phi) is 11.4. The minimum absolute atomic E-state index is 0.0643. The number of amides is 3. The van der Waals surface area contributed by atoms with Crippen LogP contribution in [0, 0.1) is 0 Å². The summed E-state index contributed by atoms with van der Waals surface area (Å²) in [6.45, 7) is 0. The van der Waals surface area contributed by atoms with Crippen LogP contribution in [0.4, 0.5) is 0 Å². The molecule has 7 N–H and O–H groups in total. The quantitative estimate of drug-likeness (QED) is 0.120. The van der Waals surface area contributed by atoms with Gasteiger partial charge in [-0.2, -0.15) is 0 Å². The highest BCUT2D eigenvalue weighted by atomic mass is 16.4. The fourth-order valence-corrected chi connectivity index (χ4v) is 4.72. The Labute approximate surface area is 255 Å². The summed E-state index contributed by atoms with van der Waals surface area (Å²) in [6.07, 6.45) is 3.54. The van der Waals surface area contributed by atoms with E-state index in [2.05, 4.69) is 25.9 Å². The van der Waals surface area contributed by atoms with Crippen molar-refractivity contribution in [1.82, 2.24) is 25.9 Å². The Morgan fingerprint density at radius 2 is 1.05 bits per heavy atom. The number of rotatable bonds is 15. The van der Waals surface area contributed by atoms with Crippen molar-refractivity contribution in [3.63, 3.8) is 0 Å². The third-order valence-corrected chi connectivity index (χ3v) is 7.06. The van der Waals surface area contributed by atoms with Crippen molar-refractivity contribution in [1.29, 1.82) is 0 Å². The van der Waals surface area contributed by atoms with Crippen molar-refractivity contribution < 1.29 is 24.3 Å². The number of aliphatic carboxylic acids is 1. The molecule has 4 atom stereocenters. The Morgan fingerprint density at radius 1 is 0.636 bits per heavy atom. The van der Waals surface area contributed by atoms with Crippen LogP contribution < -0.4 is 21.7 Å². The van der Waals surface area contributed by atoms with Crippen LogP contribution in [0.15, 0.2) is 104 Å². The number of nitrogens with one attached hydrogen (secondary N) is 4. The molecule has 0 aliphatic heterocycles. The van der Waals surface area contributed by atoms with Crippen LogP contribution >= 0.6 is 0 Å². The summed E-state index contributed by atoms with van der Waals surface area (Å²) in [5.74, 6) is -3.02. The summed E-state index contributed by atoms with van der Waals surface area (Å²) >= 11 is 0. The molecule has 0 radical (unpaired) electrons. The minimum atomic E-state index is -1.22. The molecule has 4 aromatic rings. The van der Waals surface area contributed by atoms with Gasteiger partial charge in [-0.1, -0.05) is 91.0 Å². The standard InChI is InChI=1S/C33H36N6O5/c34-26(19-25-20-35-21-36-25)30(40)37-27(16-22-10-4-1-5-11-22)31(41)38-28(17-23-12-6-2-7-13-23)32(42)39-29(33(43)44)18-24-14-8-3-9-15-24/h1-15,20-21,26-29H,16-19,34H2,(H,35,36)(H,37,40)(H,38,41)(H,39,42)(H,43,44). The molecule has 1 aromatic heterocycles. The summed E-state index contributed by atoms with van der Waals surface area (Å²) < 4.78 is 0. The minimum Gasteiger partial charge on any atom is -0.480 e. The van der Waals surface area contributed by atoms with Gasteiger partial charge < -0.3 is 31.8 Å². The third-order valence-electron chi connectivity index (χ3n) is 7.06. The Bertz CT molecular complexity index is 1500. The Hall–Kier alpha value is -5.29. The van der Waals surface area contributed by atoms with E-state index in [-0.39, 0.29) is 25.7 Å². The average Bonchev–Trinajstić information content (AvgIpc) is 3.54. The summed E-state index contributed by atoms with van der Waals surface area (Å²) in [5, 5.41) is 18.0. The van der Waals surface area contributed by atoms with Gasteiger partial charge in [-0.3, -0.25) is 14.4 Å². The molecule has 0 fully saturated rings. The van der Waals surface area contributed by atoms with Gasteiger partial charge in [0.05, 0.1) is 12.4 Å². The van der Waals surface area contributed by atoms with E-state index in [1.54, 1.807) is 42.6 Å². The van der Waals surface area contributed by atoms with Crippen molar-refractivity contribution in [2.75, 3.05) is 0 Å². The van der Waals surface area contributed by atoms with Crippen molar-refractivity contribution in [3.8, 4) is 0 Å². The van der Waals surface area contributed by atoms with Crippen molar-refractivity contribution >= 4 is 23.7 Å². The molecule has 1 heterocycles. The van der Waals surface area contributed by atoms with E-state index in [4.69, 9.17) is 5.73 Å². The fraction of sp³-hybridized carbons (Fsp3) is 0.242. The van der Waals surface area contributed by atoms with Crippen LogP contribution in [0.5, 0.6) is 0 Å². The largest absolute Gasteiger partial charge is 0.480 e. The van der Waals surface area contributed by atoms with E-state index < -0.39 is 47.9 Å². The van der Waals surface area contributed by atoms with Crippen LogP contribution in [-0.4, -0.2) is 62.9 Å². The van der Waals surface area contributed by atoms with Gasteiger partial charge in [-0.15, -0.1) is 0 Å². The first kappa shape index (κ1) is 31.6. The highest BCUT2D eigenvalue weighted by Crippen LogP contribution is 2.09. The first-order valence-corrected chi connectivity index (χ1v) is 14.3. The second kappa shape index (κ2) is 15.8. The van der Waals surface area contributed by atoms with E-state index in [0.717, 1.165) is 16.7 Å². The molecule has 11 heteroatoms. The molecule has 0 bridgehead atoms. The number of carboxylic acids is 1. The average molecular weight is 597 g/mol. The number of hydrogen-bond acceptors (Lipinski definition) is 6. The van der Waals surface area contributed by atoms with E-state index in [0.29, 0.717) is 5.69 Å². The fourth-order valence-electron chi connectivity index (χ4n) is 4.72. The summed E-state index contributed by atoms with van der Waals surface area (Å²) in [4.78, 5) is 59.3. The molecular formula is C33H36N6O5. The Balaban J connectivity index is 1.53. The maximum atomic E-state index is 13.8. The van der Waals surface area contributed by atoms with E-state index in [9.17, 15) is 24.3 Å². The number of carbonyl (C=O) groups is 4. The lowest BCUT2D eigenvalue weighted by Gasteiger charge is -2.25. The number of nitrogens with zero attached hydrogens (tertiary/aromatic N) is 1. The molecule has 0 saturated heterocycles. The molecule has 44 heavy (non-hydrogen) atoms. The van der Waals surface area contributed by atoms with Gasteiger partial charge in [0.15, 0.2) is 0 Å². The van der Waals surface area contributed by atoms with Crippen LogP contribution in [0.3, 0.4) is 0 Å². The summed E-state index contributed by atoms with van der Waals surface area (Å²) in [5.41, 5.74) is 9.08. The van der Waals surface area contributed by atoms with Gasteiger partial charge in [0.1, 0.15) is 18.1 Å². The van der Waals surface area contributed by atoms with Crippen LogP contribution in [0.2, 0.25) is 0 Å². The SMILES string of the molecule is NC(Cc1cnc[nH]1)C(=O)NC(Cc1ccccc1)C(=O)NC(Cc1ccccc1)C(=O)NC(Cc1ccccc1)C(=O)O. The number of hydrogen-bond donors (Lipinski definition) is 6. The maximum Gasteiger partial charge on any atom is 0.326 e. The third kappa shape index (κ3) is 9.63. The Morgan fingerprint density at radius 3 is 1.45 bits per heavy atom. The highest BCUT2D eigenvalue weighted by molar-refractivity contribution is 5.94. The van der Waals surface area contributed by atoms with Crippen molar-refractivity contribution in [2.45, 2.75) is 49.9 Å². The summed E-state index contributed by atoms with van der Waals surface area (Å²) in [7, 11) is 0. The zero-order valence-electron chi connectivity index (χ0n) is 24.1. The van der Waals surface area contributed by atoms with Crippen LogP contribution in [0.25, 0.3) is 0 Å². The normalized spacial score (nSPS) is 13.6. The van der Waals surface area contributed by atoms with Gasteiger partial charge in [0.2, 0.25) is 17.7 Å². The lowest BCUT2D eigenvalue weighted by molar-refractivity contribution is -0.142. The van der Waals surface area contributed by atoms with Gasteiger partial charge >= 0.3 is 5.97 Å². The van der Waals surface area contributed by atoms with E-state index in [1.807, 2.05) is 54.6 Å². The van der Waals surface area contributed by atoms with Gasteiger partial charge in [-0.05, 0) is 16.7 Å². The van der Waals surface area contributed by atoms with Crippen molar-refractivity contribution in [2.24, 2.45) is 5.73 Å². The monoisotopic (exact) mass is 596 g/mol. The number of aromatic nitrogens is 2. The second-order valence-corrected chi connectivity index (χ2v) is 10.5. The molecule has 0 aliphatic rings. The number of carboxylic acid groups (broad SMARTS) is 1. The smallest absolute Gasteiger partial charge is 0.326 e. The molecule has 4 unspecified atom stereocenters. The number of aromatic amines is 1. The molecule has 3 aromatic carbocycles. The predicted octanol–water partition coefficient (Wildman–Crippen LogP) is 1.55. The molecule has 0 saturated carbocycles. The summed E-state index contributed by atoms with van der Waals surface area (Å²) in [6, 6.07) is 22.8. The number of benzene rings is 3. The van der Waals surface area contributed by atoms with Crippen molar-refractivity contribution in [3.05, 3.63) is 126 Å². The molecule has 4 rings (SSSR count). The molecule has 0 aliphatic carbocycles. The van der Waals surface area contributed by atoms with E-state index in [1.165, 1.54) is 6.33 Å². The number of H-pyrrole nitrogens is 1. The van der Waals surface area contributed by atoms with Gasteiger partial charge in [0, 0.05) is 37.6 Å². The highest BCUT2D eigenvalue weighted by Gasteiger charge is 2.31. The van der Waals surface area contributed by atoms with Crippen LogP contribution in [0.1, 0.15) is 22.4 Å². The van der Waals surface area contributed by atoms with Crippen LogP contribution in [-0.2, 0) is 44.9 Å². The second-order valence-electron chi connectivity index (χ2n) is 10.5. The van der Waals surface area contributed by atoms with E-state index >= 15 is 0 Å². The molecule has 0 spiro atoms. The zero-order valence-corrected chi connectivity index (χ0v) is 24.1. The van der Waals surface area contributed by atoms with Gasteiger partial charge in [0.25, 0.3) is 0 Å². The first-order valence-electron chi connectivity index (χ1n) is 14.3. The zero-order chi connectivity index (χ0) is 31.3. The molecule has 3 amide bonds. The topological polar surface area (TPSA) is 179 Å². The van der Waals surface area contributed by atoms with Gasteiger partial charge in [-0.25, -0.2) is 9.78 Å². The number of nitrogens with two attached hydrogens (primary N) is 1. The molecule has 11 nitrogen and oxygen atoms in total. The number of imidazole rings is 1. The lowest BCUT2D eigenvalue weighted by atomic mass is 10.0. The molecule has 228 valence electrons. The maximum absolute atomic E-state index is 13.8. The lowest BCUT2D eigenvalue weighted by Crippen LogP contribution is -2.58. The number of carbonyl (C=O) groups excluding carboxylic acids is 3.